The van der Waals surface area contributed by atoms with Gasteiger partial charge in [0.05, 0.1) is 5.69 Å². The number of ether oxygens (including phenoxy) is 1. The maximum absolute atomic E-state index is 13.0. The van der Waals surface area contributed by atoms with Crippen molar-refractivity contribution in [3.63, 3.8) is 0 Å². The van der Waals surface area contributed by atoms with E-state index in [4.69, 9.17) is 10.5 Å². The summed E-state index contributed by atoms with van der Waals surface area (Å²) in [5.41, 5.74) is 1.82. The van der Waals surface area contributed by atoms with Gasteiger partial charge in [-0.2, -0.15) is 13.2 Å². The number of halogens is 3. The van der Waals surface area contributed by atoms with Gasteiger partial charge in [-0.25, -0.2) is 0 Å². The van der Waals surface area contributed by atoms with Crippen molar-refractivity contribution in [2.75, 3.05) is 11.1 Å². The van der Waals surface area contributed by atoms with Crippen LogP contribution in [0.1, 0.15) is 5.56 Å². The second-order valence-corrected chi connectivity index (χ2v) is 5.04. The first kappa shape index (κ1) is 15.2. The van der Waals surface area contributed by atoms with Crippen LogP contribution in [-0.4, -0.2) is 17.2 Å². The lowest BCUT2D eigenvalue weighted by Gasteiger charge is -2.23. The van der Waals surface area contributed by atoms with E-state index < -0.39 is 23.2 Å². The van der Waals surface area contributed by atoms with Gasteiger partial charge in [0.25, 0.3) is 11.5 Å². The Morgan fingerprint density at radius 3 is 2.30 bits per heavy atom. The molecule has 8 heteroatoms. The van der Waals surface area contributed by atoms with Crippen LogP contribution >= 0.6 is 0 Å². The van der Waals surface area contributed by atoms with Crippen molar-refractivity contribution >= 4 is 17.3 Å². The van der Waals surface area contributed by atoms with Gasteiger partial charge in [0.1, 0.15) is 11.5 Å². The number of nitrogens with two attached hydrogens (primary N) is 1. The summed E-state index contributed by atoms with van der Waals surface area (Å²) < 4.78 is 44.5. The van der Waals surface area contributed by atoms with Gasteiger partial charge in [-0.15, -0.1) is 0 Å². The van der Waals surface area contributed by atoms with Crippen LogP contribution in [0.5, 0.6) is 11.5 Å². The molecule has 2 aromatic carbocycles. The van der Waals surface area contributed by atoms with Crippen LogP contribution in [0.25, 0.3) is 0 Å². The van der Waals surface area contributed by atoms with Crippen LogP contribution in [0.3, 0.4) is 0 Å². The highest BCUT2D eigenvalue weighted by molar-refractivity contribution is 6.05. The molecule has 0 radical (unpaired) electrons. The molecule has 1 aliphatic rings. The zero-order valence-corrected chi connectivity index (χ0v) is 11.5. The molecule has 3 rings (SSSR count). The molecule has 0 saturated heterocycles. The van der Waals surface area contributed by atoms with Crippen molar-refractivity contribution in [1.29, 1.82) is 0 Å². The minimum atomic E-state index is -5.12. The molecule has 5 nitrogen and oxygen atoms in total. The van der Waals surface area contributed by atoms with Gasteiger partial charge in [0.15, 0.2) is 0 Å². The molecule has 120 valence electrons. The number of carbonyl (C=O) groups is 1. The van der Waals surface area contributed by atoms with E-state index in [9.17, 15) is 23.1 Å². The van der Waals surface area contributed by atoms with Crippen LogP contribution < -0.4 is 15.8 Å². The number of hydrogen-bond donors (Lipinski definition) is 3. The number of amides is 1. The Bertz CT molecular complexity index is 775. The first-order chi connectivity index (χ1) is 10.7. The van der Waals surface area contributed by atoms with Crippen molar-refractivity contribution in [1.82, 2.24) is 0 Å². The fraction of sp³-hybridized carbons (Fsp3) is 0.133. The Morgan fingerprint density at radius 2 is 1.70 bits per heavy atom. The van der Waals surface area contributed by atoms with E-state index in [2.05, 4.69) is 0 Å². The molecule has 23 heavy (non-hydrogen) atoms. The third kappa shape index (κ3) is 2.36. The predicted octanol–water partition coefficient (Wildman–Crippen LogP) is 2.76. The molecule has 1 amide bonds. The van der Waals surface area contributed by atoms with Crippen LogP contribution in [-0.2, 0) is 10.4 Å². The second kappa shape index (κ2) is 4.88. The predicted molar refractivity (Wildman–Crippen MR) is 76.0 cm³/mol. The number of fused-ring (bicyclic) bond motifs is 1. The Balaban J connectivity index is 1.94. The van der Waals surface area contributed by atoms with Gasteiger partial charge in [-0.1, -0.05) is 0 Å². The maximum atomic E-state index is 13.0. The van der Waals surface area contributed by atoms with Crippen molar-refractivity contribution in [2.24, 2.45) is 0 Å². The third-order valence-electron chi connectivity index (χ3n) is 3.48. The molecule has 2 aromatic rings. The van der Waals surface area contributed by atoms with Gasteiger partial charge in [0, 0.05) is 17.3 Å². The van der Waals surface area contributed by atoms with E-state index in [0.29, 0.717) is 11.4 Å². The summed E-state index contributed by atoms with van der Waals surface area (Å²) >= 11 is 0. The smallest absolute Gasteiger partial charge is 0.430 e. The van der Waals surface area contributed by atoms with E-state index in [-0.39, 0.29) is 11.4 Å². The standard InChI is InChI=1S/C15H11F3N2O3/c16-15(17,18)14(22)11-6-5-10(7-12(11)20-13(14)21)23-9-3-1-8(19)2-4-9/h1-7,22H,19H2,(H,20,21). The lowest BCUT2D eigenvalue weighted by atomic mass is 9.95. The van der Waals surface area contributed by atoms with Gasteiger partial charge in [0.2, 0.25) is 0 Å². The Morgan fingerprint density at radius 1 is 1.09 bits per heavy atom. The quantitative estimate of drug-likeness (QED) is 0.742. The summed E-state index contributed by atoms with van der Waals surface area (Å²) in [6, 6.07) is 9.85. The Hall–Kier alpha value is -2.74. The lowest BCUT2D eigenvalue weighted by Crippen LogP contribution is -2.47. The van der Waals surface area contributed by atoms with Crippen LogP contribution in [0.15, 0.2) is 42.5 Å². The fourth-order valence-corrected chi connectivity index (χ4v) is 2.29. The minimum Gasteiger partial charge on any atom is -0.457 e. The van der Waals surface area contributed by atoms with E-state index in [0.717, 1.165) is 6.07 Å². The number of benzene rings is 2. The maximum Gasteiger partial charge on any atom is 0.430 e. The molecule has 0 fully saturated rings. The van der Waals surface area contributed by atoms with Crippen molar-refractivity contribution in [2.45, 2.75) is 11.8 Å². The summed E-state index contributed by atoms with van der Waals surface area (Å²) in [5.74, 6) is -0.903. The van der Waals surface area contributed by atoms with Gasteiger partial charge in [-0.3, -0.25) is 4.79 Å². The SMILES string of the molecule is Nc1ccc(Oc2ccc3c(c2)NC(=O)C3(O)C(F)(F)F)cc1. The highest BCUT2D eigenvalue weighted by atomic mass is 19.4. The largest absolute Gasteiger partial charge is 0.457 e. The molecule has 1 atom stereocenters. The summed E-state index contributed by atoms with van der Waals surface area (Å²) in [7, 11) is 0. The molecule has 1 heterocycles. The number of nitrogens with one attached hydrogen (secondary N) is 1. The van der Waals surface area contributed by atoms with Crippen molar-refractivity contribution in [3.8, 4) is 11.5 Å². The molecule has 0 aliphatic carbocycles. The van der Waals surface area contributed by atoms with E-state index >= 15 is 0 Å². The number of anilines is 2. The molecule has 0 saturated carbocycles. The molecule has 1 aliphatic heterocycles. The Kier molecular flexibility index (Phi) is 3.22. The summed E-state index contributed by atoms with van der Waals surface area (Å²) in [6.07, 6.45) is -5.12. The number of alkyl halides is 3. The summed E-state index contributed by atoms with van der Waals surface area (Å²) in [5, 5.41) is 11.8. The molecule has 0 bridgehead atoms. The van der Waals surface area contributed by atoms with Crippen molar-refractivity contribution in [3.05, 3.63) is 48.0 Å². The van der Waals surface area contributed by atoms with E-state index in [1.54, 1.807) is 24.3 Å². The van der Waals surface area contributed by atoms with Gasteiger partial charge >= 0.3 is 6.18 Å². The molecular weight excluding hydrogens is 313 g/mol. The zero-order chi connectivity index (χ0) is 16.8. The average Bonchev–Trinajstić information content (AvgIpc) is 2.73. The van der Waals surface area contributed by atoms with Gasteiger partial charge < -0.3 is 20.9 Å². The first-order valence-corrected chi connectivity index (χ1v) is 6.50. The van der Waals surface area contributed by atoms with E-state index in [1.165, 1.54) is 12.1 Å². The number of aliphatic hydroxyl groups is 1. The monoisotopic (exact) mass is 324 g/mol. The number of rotatable bonds is 2. The highest BCUT2D eigenvalue weighted by Gasteiger charge is 2.64. The second-order valence-electron chi connectivity index (χ2n) is 5.04. The number of carbonyl (C=O) groups excluding carboxylic acids is 1. The lowest BCUT2D eigenvalue weighted by molar-refractivity contribution is -0.252. The summed E-state index contributed by atoms with van der Waals surface area (Å²) in [6.45, 7) is 0. The van der Waals surface area contributed by atoms with Crippen LogP contribution in [0.4, 0.5) is 24.5 Å². The molecule has 0 spiro atoms. The van der Waals surface area contributed by atoms with E-state index in [1.807, 2.05) is 5.32 Å². The van der Waals surface area contributed by atoms with Crippen LogP contribution in [0.2, 0.25) is 0 Å². The first-order valence-electron chi connectivity index (χ1n) is 6.50. The normalized spacial score (nSPS) is 20.1. The average molecular weight is 324 g/mol. The minimum absolute atomic E-state index is 0.150. The molecule has 1 unspecified atom stereocenters. The van der Waals surface area contributed by atoms with Crippen LogP contribution in [0, 0.1) is 0 Å². The Labute approximate surface area is 128 Å². The molecule has 4 N–H and O–H groups in total. The molecular formula is C15H11F3N2O3. The molecule has 0 aromatic heterocycles. The summed E-state index contributed by atoms with van der Waals surface area (Å²) in [4.78, 5) is 11.6. The third-order valence-corrected chi connectivity index (χ3v) is 3.48. The van der Waals surface area contributed by atoms with Crippen molar-refractivity contribution < 1.29 is 27.8 Å². The van der Waals surface area contributed by atoms with Gasteiger partial charge in [-0.05, 0) is 36.4 Å². The number of nitrogen functional groups attached to an aromatic ring is 1. The zero-order valence-electron chi connectivity index (χ0n) is 11.5. The topological polar surface area (TPSA) is 84.6 Å². The number of hydrogen-bond acceptors (Lipinski definition) is 4. The fourth-order valence-electron chi connectivity index (χ4n) is 2.29. The highest BCUT2D eigenvalue weighted by Crippen LogP contribution is 2.47.